The van der Waals surface area contributed by atoms with E-state index >= 15 is 0 Å². The molecule has 4 rings (SSSR count). The first-order valence-corrected chi connectivity index (χ1v) is 10.1. The standard InChI is InChI=1S/C24H27N3O2/c1-29-22-10-7-20(8-11-22)23-12-9-21(24(28)25-23)18-27-15-13-26(14-16-27)17-19-5-3-2-4-6-19/h2-12H,13-18H2,1H3,(H,25,28). The van der Waals surface area contributed by atoms with E-state index in [4.69, 9.17) is 4.74 Å². The Morgan fingerprint density at radius 2 is 1.48 bits per heavy atom. The molecule has 1 aliphatic heterocycles. The minimum Gasteiger partial charge on any atom is -0.497 e. The van der Waals surface area contributed by atoms with Crippen molar-refractivity contribution in [1.29, 1.82) is 0 Å². The van der Waals surface area contributed by atoms with Crippen molar-refractivity contribution in [3.8, 4) is 17.0 Å². The molecule has 3 aromatic rings. The number of methoxy groups -OCH3 is 1. The SMILES string of the molecule is COc1ccc(-c2ccc(CN3CCN(Cc4ccccc4)CC3)c(=O)[nH]2)cc1. The number of piperazine rings is 1. The average molecular weight is 389 g/mol. The van der Waals surface area contributed by atoms with Gasteiger partial charge in [-0.2, -0.15) is 0 Å². The van der Waals surface area contributed by atoms with Crippen LogP contribution in [0.1, 0.15) is 11.1 Å². The molecule has 2 heterocycles. The van der Waals surface area contributed by atoms with Gasteiger partial charge in [0.05, 0.1) is 7.11 Å². The van der Waals surface area contributed by atoms with E-state index < -0.39 is 0 Å². The molecule has 0 atom stereocenters. The predicted molar refractivity (Wildman–Crippen MR) is 116 cm³/mol. The number of pyridine rings is 1. The van der Waals surface area contributed by atoms with Gasteiger partial charge in [0, 0.05) is 50.5 Å². The number of rotatable bonds is 6. The van der Waals surface area contributed by atoms with E-state index in [-0.39, 0.29) is 5.56 Å². The van der Waals surface area contributed by atoms with Gasteiger partial charge in [0.15, 0.2) is 0 Å². The lowest BCUT2D eigenvalue weighted by Crippen LogP contribution is -2.45. The van der Waals surface area contributed by atoms with E-state index in [1.165, 1.54) is 5.56 Å². The van der Waals surface area contributed by atoms with E-state index in [1.807, 2.05) is 36.4 Å². The van der Waals surface area contributed by atoms with E-state index in [9.17, 15) is 4.79 Å². The first-order valence-electron chi connectivity index (χ1n) is 10.1. The minimum atomic E-state index is -0.00923. The Bertz CT molecular complexity index is 975. The molecule has 0 spiro atoms. The third kappa shape index (κ3) is 4.94. The summed E-state index contributed by atoms with van der Waals surface area (Å²) >= 11 is 0. The molecule has 0 saturated carbocycles. The largest absolute Gasteiger partial charge is 0.497 e. The van der Waals surface area contributed by atoms with Crippen LogP contribution in [0, 0.1) is 0 Å². The van der Waals surface area contributed by atoms with Crippen molar-refractivity contribution in [2.75, 3.05) is 33.3 Å². The molecule has 0 aliphatic carbocycles. The summed E-state index contributed by atoms with van der Waals surface area (Å²) in [6, 6.07) is 22.2. The Kier molecular flexibility index (Phi) is 6.08. The third-order valence-electron chi connectivity index (χ3n) is 5.50. The molecule has 150 valence electrons. The number of hydrogen-bond donors (Lipinski definition) is 1. The minimum absolute atomic E-state index is 0.00923. The zero-order valence-electron chi connectivity index (χ0n) is 16.8. The predicted octanol–water partition coefficient (Wildman–Crippen LogP) is 3.37. The Balaban J connectivity index is 1.34. The zero-order chi connectivity index (χ0) is 20.1. The van der Waals surface area contributed by atoms with Crippen molar-refractivity contribution in [3.63, 3.8) is 0 Å². The van der Waals surface area contributed by atoms with Crippen LogP contribution in [0.25, 0.3) is 11.3 Å². The van der Waals surface area contributed by atoms with Crippen LogP contribution in [0.3, 0.4) is 0 Å². The normalized spacial score (nSPS) is 15.3. The van der Waals surface area contributed by atoms with Crippen LogP contribution in [-0.4, -0.2) is 48.1 Å². The van der Waals surface area contributed by atoms with Gasteiger partial charge >= 0.3 is 0 Å². The molecule has 0 radical (unpaired) electrons. The van der Waals surface area contributed by atoms with Crippen LogP contribution in [0.4, 0.5) is 0 Å². The number of aromatic nitrogens is 1. The van der Waals surface area contributed by atoms with Crippen molar-refractivity contribution >= 4 is 0 Å². The molecular weight excluding hydrogens is 362 g/mol. The van der Waals surface area contributed by atoms with Crippen molar-refractivity contribution in [3.05, 3.63) is 88.2 Å². The van der Waals surface area contributed by atoms with Gasteiger partial charge in [-0.15, -0.1) is 0 Å². The van der Waals surface area contributed by atoms with Gasteiger partial charge in [-0.3, -0.25) is 14.6 Å². The summed E-state index contributed by atoms with van der Waals surface area (Å²) in [4.78, 5) is 20.5. The lowest BCUT2D eigenvalue weighted by Gasteiger charge is -2.34. The number of nitrogens with zero attached hydrogens (tertiary/aromatic N) is 2. The fourth-order valence-electron chi connectivity index (χ4n) is 3.76. The Labute approximate surface area is 171 Å². The van der Waals surface area contributed by atoms with Gasteiger partial charge < -0.3 is 9.72 Å². The summed E-state index contributed by atoms with van der Waals surface area (Å²) in [5.74, 6) is 0.805. The fraction of sp³-hybridized carbons (Fsp3) is 0.292. The zero-order valence-corrected chi connectivity index (χ0v) is 16.8. The first-order chi connectivity index (χ1) is 14.2. The molecule has 0 amide bonds. The van der Waals surface area contributed by atoms with Crippen molar-refractivity contribution in [2.45, 2.75) is 13.1 Å². The first kappa shape index (κ1) is 19.4. The van der Waals surface area contributed by atoms with Gasteiger partial charge in [0.25, 0.3) is 5.56 Å². The van der Waals surface area contributed by atoms with E-state index in [0.717, 1.165) is 55.3 Å². The molecule has 2 aromatic carbocycles. The van der Waals surface area contributed by atoms with Crippen LogP contribution >= 0.6 is 0 Å². The maximum Gasteiger partial charge on any atom is 0.252 e. The monoisotopic (exact) mass is 389 g/mol. The highest BCUT2D eigenvalue weighted by atomic mass is 16.5. The smallest absolute Gasteiger partial charge is 0.252 e. The molecule has 1 aromatic heterocycles. The van der Waals surface area contributed by atoms with Gasteiger partial charge in [0.2, 0.25) is 0 Å². The summed E-state index contributed by atoms with van der Waals surface area (Å²) in [6.45, 7) is 5.69. The maximum atomic E-state index is 12.6. The Morgan fingerprint density at radius 1 is 0.828 bits per heavy atom. The van der Waals surface area contributed by atoms with Gasteiger partial charge in [-0.25, -0.2) is 0 Å². The molecule has 0 unspecified atom stereocenters. The molecule has 1 aliphatic rings. The maximum absolute atomic E-state index is 12.6. The lowest BCUT2D eigenvalue weighted by atomic mass is 10.1. The topological polar surface area (TPSA) is 48.6 Å². The van der Waals surface area contributed by atoms with Crippen molar-refractivity contribution < 1.29 is 4.74 Å². The van der Waals surface area contributed by atoms with Crippen molar-refractivity contribution in [2.24, 2.45) is 0 Å². The highest BCUT2D eigenvalue weighted by Crippen LogP contribution is 2.20. The van der Waals surface area contributed by atoms with E-state index in [0.29, 0.717) is 6.54 Å². The molecule has 5 nitrogen and oxygen atoms in total. The van der Waals surface area contributed by atoms with Crippen LogP contribution in [-0.2, 0) is 13.1 Å². The van der Waals surface area contributed by atoms with Gasteiger partial charge in [-0.05, 0) is 41.5 Å². The van der Waals surface area contributed by atoms with Crippen LogP contribution < -0.4 is 10.3 Å². The molecular formula is C24H27N3O2. The second-order valence-corrected chi connectivity index (χ2v) is 7.49. The lowest BCUT2D eigenvalue weighted by molar-refractivity contribution is 0.121. The molecule has 1 N–H and O–H groups in total. The van der Waals surface area contributed by atoms with E-state index in [1.54, 1.807) is 7.11 Å². The molecule has 1 saturated heterocycles. The van der Waals surface area contributed by atoms with E-state index in [2.05, 4.69) is 45.1 Å². The van der Waals surface area contributed by atoms with Gasteiger partial charge in [0.1, 0.15) is 5.75 Å². The summed E-state index contributed by atoms with van der Waals surface area (Å²) in [7, 11) is 1.65. The van der Waals surface area contributed by atoms with Gasteiger partial charge in [-0.1, -0.05) is 36.4 Å². The van der Waals surface area contributed by atoms with Crippen LogP contribution in [0.5, 0.6) is 5.75 Å². The third-order valence-corrected chi connectivity index (χ3v) is 5.50. The van der Waals surface area contributed by atoms with Crippen LogP contribution in [0.2, 0.25) is 0 Å². The number of hydrogen-bond acceptors (Lipinski definition) is 4. The summed E-state index contributed by atoms with van der Waals surface area (Å²) < 4.78 is 5.19. The van der Waals surface area contributed by atoms with Crippen molar-refractivity contribution in [1.82, 2.24) is 14.8 Å². The van der Waals surface area contributed by atoms with Crippen LogP contribution in [0.15, 0.2) is 71.5 Å². The highest BCUT2D eigenvalue weighted by molar-refractivity contribution is 5.60. The average Bonchev–Trinajstić information content (AvgIpc) is 2.77. The fourth-order valence-corrected chi connectivity index (χ4v) is 3.76. The Morgan fingerprint density at radius 3 is 2.10 bits per heavy atom. The quantitative estimate of drug-likeness (QED) is 0.702. The number of benzene rings is 2. The highest BCUT2D eigenvalue weighted by Gasteiger charge is 2.18. The summed E-state index contributed by atoms with van der Waals surface area (Å²) in [5.41, 5.74) is 3.97. The second-order valence-electron chi connectivity index (χ2n) is 7.49. The molecule has 29 heavy (non-hydrogen) atoms. The number of nitrogens with one attached hydrogen (secondary N) is 1. The number of aromatic amines is 1. The number of ether oxygens (including phenoxy) is 1. The molecule has 1 fully saturated rings. The second kappa shape index (κ2) is 9.07. The molecule has 5 heteroatoms. The Hall–Kier alpha value is -2.89. The summed E-state index contributed by atoms with van der Waals surface area (Å²) in [5, 5.41) is 0. The summed E-state index contributed by atoms with van der Waals surface area (Å²) in [6.07, 6.45) is 0. The number of H-pyrrole nitrogens is 1. The molecule has 0 bridgehead atoms.